The third kappa shape index (κ3) is 5.37. The highest BCUT2D eigenvalue weighted by atomic mass is 16.5. The van der Waals surface area contributed by atoms with Crippen LogP contribution in [-0.2, 0) is 17.9 Å². The number of amides is 1. The Labute approximate surface area is 142 Å². The third-order valence-electron chi connectivity index (χ3n) is 3.71. The molecule has 0 aromatic heterocycles. The first-order valence-electron chi connectivity index (χ1n) is 7.95. The summed E-state index contributed by atoms with van der Waals surface area (Å²) in [6, 6.07) is 15.3. The van der Waals surface area contributed by atoms with Crippen LogP contribution in [0, 0.1) is 6.92 Å². The van der Waals surface area contributed by atoms with Crippen LogP contribution in [0.1, 0.15) is 16.7 Å². The molecule has 2 aromatic rings. The Balaban J connectivity index is 1.85. The van der Waals surface area contributed by atoms with E-state index in [1.54, 1.807) is 7.05 Å². The van der Waals surface area contributed by atoms with Gasteiger partial charge < -0.3 is 15.2 Å². The van der Waals surface area contributed by atoms with Crippen molar-refractivity contribution in [2.45, 2.75) is 26.1 Å². The van der Waals surface area contributed by atoms with Crippen LogP contribution >= 0.6 is 0 Å². The van der Waals surface area contributed by atoms with Crippen molar-refractivity contribution in [3.63, 3.8) is 0 Å². The Morgan fingerprint density at radius 1 is 1.17 bits per heavy atom. The Kier molecular flexibility index (Phi) is 6.78. The summed E-state index contributed by atoms with van der Waals surface area (Å²) in [6.45, 7) is 2.85. The Morgan fingerprint density at radius 2 is 1.92 bits per heavy atom. The number of aryl methyl sites for hydroxylation is 1. The number of aliphatic hydroxyl groups excluding tert-OH is 1. The smallest absolute Gasteiger partial charge is 0.239 e. The van der Waals surface area contributed by atoms with Crippen LogP contribution in [0.25, 0.3) is 0 Å². The molecule has 0 bridgehead atoms. The molecule has 0 aliphatic rings. The van der Waals surface area contributed by atoms with E-state index in [0.29, 0.717) is 13.2 Å². The normalized spacial score (nSPS) is 11.8. The van der Waals surface area contributed by atoms with E-state index in [2.05, 4.69) is 29.7 Å². The van der Waals surface area contributed by atoms with E-state index in [1.165, 1.54) is 5.56 Å². The standard InChI is InChI=1S/C19H24N2O3/c1-14-4-3-5-16(10-14)13-24-17-8-6-15(7-9-17)11-21-18(12-22)19(23)20-2/h3-10,18,21-22H,11-13H2,1-2H3,(H,20,23)/t18-/m1/s1. The molecule has 5 heteroatoms. The summed E-state index contributed by atoms with van der Waals surface area (Å²) < 4.78 is 5.78. The highest BCUT2D eigenvalue weighted by Gasteiger charge is 2.14. The molecule has 0 fully saturated rings. The molecule has 24 heavy (non-hydrogen) atoms. The summed E-state index contributed by atoms with van der Waals surface area (Å²) in [4.78, 5) is 11.5. The van der Waals surface area contributed by atoms with E-state index in [4.69, 9.17) is 4.74 Å². The van der Waals surface area contributed by atoms with E-state index >= 15 is 0 Å². The van der Waals surface area contributed by atoms with Crippen molar-refractivity contribution in [1.29, 1.82) is 0 Å². The summed E-state index contributed by atoms with van der Waals surface area (Å²) in [5.74, 6) is 0.570. The molecule has 0 saturated carbocycles. The lowest BCUT2D eigenvalue weighted by Gasteiger charge is -2.14. The molecule has 5 nitrogen and oxygen atoms in total. The molecule has 128 valence electrons. The SMILES string of the molecule is CNC(=O)[C@@H](CO)NCc1ccc(OCc2cccc(C)c2)cc1. The predicted molar refractivity (Wildman–Crippen MR) is 93.7 cm³/mol. The summed E-state index contributed by atoms with van der Waals surface area (Å²) in [6.07, 6.45) is 0. The van der Waals surface area contributed by atoms with Crippen molar-refractivity contribution in [1.82, 2.24) is 10.6 Å². The Hall–Kier alpha value is -2.37. The van der Waals surface area contributed by atoms with Gasteiger partial charge in [-0.05, 0) is 30.2 Å². The Bertz CT molecular complexity index is 656. The second-order valence-corrected chi connectivity index (χ2v) is 5.65. The lowest BCUT2D eigenvalue weighted by atomic mass is 10.1. The van der Waals surface area contributed by atoms with Crippen molar-refractivity contribution in [2.24, 2.45) is 0 Å². The van der Waals surface area contributed by atoms with Gasteiger partial charge >= 0.3 is 0 Å². The molecule has 0 unspecified atom stereocenters. The van der Waals surface area contributed by atoms with Crippen LogP contribution in [0.2, 0.25) is 0 Å². The van der Waals surface area contributed by atoms with Crippen LogP contribution in [0.5, 0.6) is 5.75 Å². The van der Waals surface area contributed by atoms with Gasteiger partial charge in [0, 0.05) is 13.6 Å². The number of hydrogen-bond acceptors (Lipinski definition) is 4. The zero-order valence-electron chi connectivity index (χ0n) is 14.1. The van der Waals surface area contributed by atoms with E-state index in [1.807, 2.05) is 36.4 Å². The minimum Gasteiger partial charge on any atom is -0.489 e. The quantitative estimate of drug-likeness (QED) is 0.691. The first kappa shape index (κ1) is 18.0. The average Bonchev–Trinajstić information content (AvgIpc) is 2.61. The summed E-state index contributed by atoms with van der Waals surface area (Å²) in [5.41, 5.74) is 3.37. The highest BCUT2D eigenvalue weighted by Crippen LogP contribution is 2.15. The topological polar surface area (TPSA) is 70.6 Å². The highest BCUT2D eigenvalue weighted by molar-refractivity contribution is 5.81. The zero-order chi connectivity index (χ0) is 17.4. The molecule has 0 radical (unpaired) electrons. The van der Waals surface area contributed by atoms with Gasteiger partial charge in [0.1, 0.15) is 18.4 Å². The maximum Gasteiger partial charge on any atom is 0.239 e. The van der Waals surface area contributed by atoms with Crippen molar-refractivity contribution >= 4 is 5.91 Å². The Morgan fingerprint density at radius 3 is 2.54 bits per heavy atom. The minimum absolute atomic E-state index is 0.226. The molecule has 2 rings (SSSR count). The van der Waals surface area contributed by atoms with Gasteiger partial charge in [-0.3, -0.25) is 10.1 Å². The fraction of sp³-hybridized carbons (Fsp3) is 0.316. The van der Waals surface area contributed by atoms with E-state index in [-0.39, 0.29) is 12.5 Å². The van der Waals surface area contributed by atoms with Crippen LogP contribution in [0.15, 0.2) is 48.5 Å². The molecule has 1 amide bonds. The van der Waals surface area contributed by atoms with Crippen LogP contribution < -0.4 is 15.4 Å². The number of nitrogens with one attached hydrogen (secondary N) is 2. The fourth-order valence-corrected chi connectivity index (χ4v) is 2.33. The molecular weight excluding hydrogens is 304 g/mol. The zero-order valence-corrected chi connectivity index (χ0v) is 14.1. The number of likely N-dealkylation sites (N-methyl/N-ethyl adjacent to an activating group) is 1. The van der Waals surface area contributed by atoms with Gasteiger partial charge in [0.15, 0.2) is 0 Å². The number of hydrogen-bond donors (Lipinski definition) is 3. The number of ether oxygens (including phenoxy) is 1. The first-order valence-corrected chi connectivity index (χ1v) is 7.95. The number of benzene rings is 2. The molecule has 0 spiro atoms. The second-order valence-electron chi connectivity index (χ2n) is 5.65. The van der Waals surface area contributed by atoms with Gasteiger partial charge in [0.05, 0.1) is 6.61 Å². The fourth-order valence-electron chi connectivity index (χ4n) is 2.33. The van der Waals surface area contributed by atoms with Gasteiger partial charge in [0.2, 0.25) is 5.91 Å². The molecule has 2 aromatic carbocycles. The lowest BCUT2D eigenvalue weighted by Crippen LogP contribution is -2.44. The maximum atomic E-state index is 11.5. The number of carbonyl (C=O) groups is 1. The van der Waals surface area contributed by atoms with Gasteiger partial charge in [-0.2, -0.15) is 0 Å². The maximum absolute atomic E-state index is 11.5. The van der Waals surface area contributed by atoms with E-state index < -0.39 is 6.04 Å². The monoisotopic (exact) mass is 328 g/mol. The van der Waals surface area contributed by atoms with Gasteiger partial charge in [-0.25, -0.2) is 0 Å². The van der Waals surface area contributed by atoms with Crippen molar-refractivity contribution in [2.75, 3.05) is 13.7 Å². The molecule has 0 saturated heterocycles. The molecule has 0 heterocycles. The molecule has 1 atom stereocenters. The predicted octanol–water partition coefficient (Wildman–Crippen LogP) is 1.77. The van der Waals surface area contributed by atoms with Gasteiger partial charge in [0.25, 0.3) is 0 Å². The van der Waals surface area contributed by atoms with Gasteiger partial charge in [-0.15, -0.1) is 0 Å². The van der Waals surface area contributed by atoms with Gasteiger partial charge in [-0.1, -0.05) is 42.0 Å². The minimum atomic E-state index is -0.604. The number of carbonyl (C=O) groups excluding carboxylic acids is 1. The number of rotatable bonds is 8. The summed E-state index contributed by atoms with van der Waals surface area (Å²) >= 11 is 0. The average molecular weight is 328 g/mol. The van der Waals surface area contributed by atoms with E-state index in [0.717, 1.165) is 16.9 Å². The molecular formula is C19H24N2O3. The van der Waals surface area contributed by atoms with E-state index in [9.17, 15) is 9.90 Å². The third-order valence-corrected chi connectivity index (χ3v) is 3.71. The first-order chi connectivity index (χ1) is 11.6. The van der Waals surface area contributed by atoms with Crippen LogP contribution in [0.3, 0.4) is 0 Å². The molecule has 0 aliphatic heterocycles. The van der Waals surface area contributed by atoms with Crippen molar-refractivity contribution in [3.8, 4) is 5.75 Å². The number of aliphatic hydroxyl groups is 1. The summed E-state index contributed by atoms with van der Waals surface area (Å²) in [7, 11) is 1.55. The lowest BCUT2D eigenvalue weighted by molar-refractivity contribution is -0.123. The molecule has 3 N–H and O–H groups in total. The largest absolute Gasteiger partial charge is 0.489 e. The van der Waals surface area contributed by atoms with Crippen LogP contribution in [0.4, 0.5) is 0 Å². The second kappa shape index (κ2) is 9.05. The molecule has 0 aliphatic carbocycles. The van der Waals surface area contributed by atoms with Crippen molar-refractivity contribution in [3.05, 3.63) is 65.2 Å². The summed E-state index contributed by atoms with van der Waals surface area (Å²) in [5, 5.41) is 14.7. The van der Waals surface area contributed by atoms with Crippen molar-refractivity contribution < 1.29 is 14.6 Å². The van der Waals surface area contributed by atoms with Crippen LogP contribution in [-0.4, -0.2) is 30.7 Å².